The highest BCUT2D eigenvalue weighted by atomic mass is 19.1. The van der Waals surface area contributed by atoms with Gasteiger partial charge in [0.2, 0.25) is 5.91 Å². The highest BCUT2D eigenvalue weighted by Crippen LogP contribution is 2.29. The topological polar surface area (TPSA) is 43.1 Å². The van der Waals surface area contributed by atoms with Crippen molar-refractivity contribution in [3.8, 4) is 11.1 Å². The SMILES string of the molecule is CC(C(N)=O)c1ccccc1-c1ccc(F)cc1. The lowest BCUT2D eigenvalue weighted by Gasteiger charge is -2.13. The van der Waals surface area contributed by atoms with Gasteiger partial charge in [-0.3, -0.25) is 4.79 Å². The first-order valence-electron chi connectivity index (χ1n) is 5.74. The van der Waals surface area contributed by atoms with Crippen molar-refractivity contribution in [1.29, 1.82) is 0 Å². The normalized spacial score (nSPS) is 12.1. The molecule has 2 aromatic rings. The van der Waals surface area contributed by atoms with Gasteiger partial charge in [-0.2, -0.15) is 0 Å². The highest BCUT2D eigenvalue weighted by molar-refractivity contribution is 5.84. The van der Waals surface area contributed by atoms with Crippen LogP contribution in [0.1, 0.15) is 18.4 Å². The zero-order valence-electron chi connectivity index (χ0n) is 10.1. The van der Waals surface area contributed by atoms with Gasteiger partial charge in [0, 0.05) is 0 Å². The van der Waals surface area contributed by atoms with Crippen LogP contribution in [0, 0.1) is 5.82 Å². The van der Waals surface area contributed by atoms with Gasteiger partial charge in [-0.15, -0.1) is 0 Å². The van der Waals surface area contributed by atoms with Gasteiger partial charge in [0.1, 0.15) is 5.82 Å². The Morgan fingerprint density at radius 3 is 2.33 bits per heavy atom. The third-order valence-electron chi connectivity index (χ3n) is 3.01. The number of rotatable bonds is 3. The van der Waals surface area contributed by atoms with E-state index in [9.17, 15) is 9.18 Å². The molecule has 0 aromatic heterocycles. The first kappa shape index (κ1) is 12.3. The smallest absolute Gasteiger partial charge is 0.224 e. The predicted octanol–water partition coefficient (Wildman–Crippen LogP) is 3.08. The molecular weight excluding hydrogens is 229 g/mol. The van der Waals surface area contributed by atoms with Gasteiger partial charge in [-0.05, 0) is 35.7 Å². The van der Waals surface area contributed by atoms with E-state index in [1.165, 1.54) is 12.1 Å². The first-order chi connectivity index (χ1) is 8.59. The molecule has 2 rings (SSSR count). The highest BCUT2D eigenvalue weighted by Gasteiger charge is 2.15. The van der Waals surface area contributed by atoms with Crippen LogP contribution in [0.2, 0.25) is 0 Å². The molecule has 0 aliphatic carbocycles. The van der Waals surface area contributed by atoms with Gasteiger partial charge < -0.3 is 5.73 Å². The van der Waals surface area contributed by atoms with Crippen molar-refractivity contribution in [1.82, 2.24) is 0 Å². The second-order valence-corrected chi connectivity index (χ2v) is 4.22. The quantitative estimate of drug-likeness (QED) is 0.884. The van der Waals surface area contributed by atoms with Gasteiger partial charge in [-0.1, -0.05) is 36.4 Å². The fourth-order valence-electron chi connectivity index (χ4n) is 1.92. The zero-order chi connectivity index (χ0) is 13.1. The molecule has 0 saturated heterocycles. The lowest BCUT2D eigenvalue weighted by molar-refractivity contribution is -0.119. The number of hydrogen-bond acceptors (Lipinski definition) is 1. The summed E-state index contributed by atoms with van der Waals surface area (Å²) in [6.07, 6.45) is 0. The molecule has 0 radical (unpaired) electrons. The number of primary amides is 1. The van der Waals surface area contributed by atoms with Gasteiger partial charge >= 0.3 is 0 Å². The molecule has 18 heavy (non-hydrogen) atoms. The number of amides is 1. The molecule has 1 atom stereocenters. The summed E-state index contributed by atoms with van der Waals surface area (Å²) in [7, 11) is 0. The number of carbonyl (C=O) groups is 1. The Hall–Kier alpha value is -2.16. The van der Waals surface area contributed by atoms with Crippen LogP contribution in [0.15, 0.2) is 48.5 Å². The molecule has 3 heteroatoms. The number of nitrogens with two attached hydrogens (primary N) is 1. The number of halogens is 1. The molecule has 1 unspecified atom stereocenters. The first-order valence-corrected chi connectivity index (χ1v) is 5.74. The van der Waals surface area contributed by atoms with Crippen molar-refractivity contribution in [3.63, 3.8) is 0 Å². The lowest BCUT2D eigenvalue weighted by Crippen LogP contribution is -2.19. The van der Waals surface area contributed by atoms with E-state index in [0.29, 0.717) is 0 Å². The standard InChI is InChI=1S/C15H14FNO/c1-10(15(17)18)13-4-2-3-5-14(13)11-6-8-12(16)9-7-11/h2-10H,1H3,(H2,17,18). The molecule has 0 heterocycles. The summed E-state index contributed by atoms with van der Waals surface area (Å²) in [4.78, 5) is 11.3. The molecule has 0 saturated carbocycles. The summed E-state index contributed by atoms with van der Waals surface area (Å²) in [5.74, 6) is -1.02. The molecule has 2 nitrogen and oxygen atoms in total. The number of benzene rings is 2. The second kappa shape index (κ2) is 5.00. The molecule has 1 amide bonds. The maximum Gasteiger partial charge on any atom is 0.224 e. The van der Waals surface area contributed by atoms with E-state index in [1.807, 2.05) is 24.3 Å². The van der Waals surface area contributed by atoms with Crippen LogP contribution >= 0.6 is 0 Å². The van der Waals surface area contributed by atoms with Crippen LogP contribution < -0.4 is 5.73 Å². The summed E-state index contributed by atoms with van der Waals surface area (Å²) in [6, 6.07) is 13.7. The molecule has 2 aromatic carbocycles. The van der Waals surface area contributed by atoms with Crippen LogP contribution in [0.5, 0.6) is 0 Å². The Morgan fingerprint density at radius 1 is 1.11 bits per heavy atom. The summed E-state index contributed by atoms with van der Waals surface area (Å²) in [6.45, 7) is 1.77. The van der Waals surface area contributed by atoms with Crippen LogP contribution in [0.3, 0.4) is 0 Å². The Morgan fingerprint density at radius 2 is 1.72 bits per heavy atom. The largest absolute Gasteiger partial charge is 0.369 e. The second-order valence-electron chi connectivity index (χ2n) is 4.22. The summed E-state index contributed by atoms with van der Waals surface area (Å²) < 4.78 is 12.9. The van der Waals surface area contributed by atoms with E-state index >= 15 is 0 Å². The minimum Gasteiger partial charge on any atom is -0.369 e. The summed E-state index contributed by atoms with van der Waals surface area (Å²) >= 11 is 0. The van der Waals surface area contributed by atoms with Gasteiger partial charge in [0.05, 0.1) is 5.92 Å². The Kier molecular flexibility index (Phi) is 3.42. The van der Waals surface area contributed by atoms with E-state index < -0.39 is 0 Å². The van der Waals surface area contributed by atoms with Crippen LogP contribution in [-0.4, -0.2) is 5.91 Å². The van der Waals surface area contributed by atoms with Crippen molar-refractivity contribution in [2.75, 3.05) is 0 Å². The van der Waals surface area contributed by atoms with E-state index in [-0.39, 0.29) is 17.6 Å². The minimum atomic E-state index is -0.371. The lowest BCUT2D eigenvalue weighted by atomic mass is 9.91. The molecule has 0 aliphatic rings. The number of carbonyl (C=O) groups excluding carboxylic acids is 1. The maximum atomic E-state index is 12.9. The molecule has 92 valence electrons. The monoisotopic (exact) mass is 243 g/mol. The molecule has 2 N–H and O–H groups in total. The van der Waals surface area contributed by atoms with Crippen LogP contribution in [-0.2, 0) is 4.79 Å². The van der Waals surface area contributed by atoms with E-state index in [0.717, 1.165) is 16.7 Å². The fourth-order valence-corrected chi connectivity index (χ4v) is 1.92. The summed E-state index contributed by atoms with van der Waals surface area (Å²) in [5.41, 5.74) is 7.98. The van der Waals surface area contributed by atoms with Crippen LogP contribution in [0.25, 0.3) is 11.1 Å². The minimum absolute atomic E-state index is 0.279. The Bertz CT molecular complexity index is 563. The van der Waals surface area contributed by atoms with Crippen molar-refractivity contribution in [3.05, 3.63) is 59.9 Å². The zero-order valence-corrected chi connectivity index (χ0v) is 10.1. The summed E-state index contributed by atoms with van der Waals surface area (Å²) in [5, 5.41) is 0. The average Bonchev–Trinajstić information content (AvgIpc) is 2.39. The van der Waals surface area contributed by atoms with Gasteiger partial charge in [0.15, 0.2) is 0 Å². The predicted molar refractivity (Wildman–Crippen MR) is 69.4 cm³/mol. The molecule has 0 spiro atoms. The van der Waals surface area contributed by atoms with Gasteiger partial charge in [-0.25, -0.2) is 4.39 Å². The molecule has 0 fully saturated rings. The van der Waals surface area contributed by atoms with Crippen molar-refractivity contribution in [2.24, 2.45) is 5.73 Å². The maximum absolute atomic E-state index is 12.9. The van der Waals surface area contributed by atoms with Gasteiger partial charge in [0.25, 0.3) is 0 Å². The van der Waals surface area contributed by atoms with Crippen molar-refractivity contribution >= 4 is 5.91 Å². The number of hydrogen-bond donors (Lipinski definition) is 1. The molecule has 0 bridgehead atoms. The Labute approximate surface area is 105 Å². The third-order valence-corrected chi connectivity index (χ3v) is 3.01. The van der Waals surface area contributed by atoms with Crippen LogP contribution in [0.4, 0.5) is 4.39 Å². The van der Waals surface area contributed by atoms with Crippen molar-refractivity contribution in [2.45, 2.75) is 12.8 Å². The molecule has 0 aliphatic heterocycles. The average molecular weight is 243 g/mol. The third kappa shape index (κ3) is 2.40. The van der Waals surface area contributed by atoms with E-state index in [1.54, 1.807) is 19.1 Å². The van der Waals surface area contributed by atoms with Crippen molar-refractivity contribution < 1.29 is 9.18 Å². The fraction of sp³-hybridized carbons (Fsp3) is 0.133. The Balaban J connectivity index is 2.51. The van der Waals surface area contributed by atoms with E-state index in [4.69, 9.17) is 5.73 Å². The molecular formula is C15H14FNO. The van der Waals surface area contributed by atoms with E-state index in [2.05, 4.69) is 0 Å².